The van der Waals surface area contributed by atoms with E-state index in [2.05, 4.69) is 26.1 Å². The highest BCUT2D eigenvalue weighted by Gasteiger charge is 2.28. The molecule has 0 aliphatic carbocycles. The molecule has 1 rings (SSSR count). The van der Waals surface area contributed by atoms with E-state index in [0.717, 1.165) is 13.0 Å². The number of hydrogen-bond donors (Lipinski definition) is 1. The Hall–Kier alpha value is -1.06. The predicted molar refractivity (Wildman–Crippen MR) is 67.5 cm³/mol. The summed E-state index contributed by atoms with van der Waals surface area (Å²) in [5.41, 5.74) is 0.214. The van der Waals surface area contributed by atoms with Gasteiger partial charge in [-0.1, -0.05) is 27.7 Å². The minimum Gasteiger partial charge on any atom is -0.344 e. The van der Waals surface area contributed by atoms with Crippen molar-refractivity contribution in [1.29, 1.82) is 0 Å². The second-order valence-electron chi connectivity index (χ2n) is 5.91. The zero-order valence-corrected chi connectivity index (χ0v) is 11.4. The highest BCUT2D eigenvalue weighted by atomic mass is 16.2. The summed E-state index contributed by atoms with van der Waals surface area (Å²) in [6.45, 7) is 9.71. The SMILES string of the molecule is CCC1NC(=O)CCN(CCC(C)(C)C)C1=O. The van der Waals surface area contributed by atoms with Gasteiger partial charge in [0, 0.05) is 19.5 Å². The van der Waals surface area contributed by atoms with Crippen LogP contribution in [0.25, 0.3) is 0 Å². The Kier molecular flexibility index (Phi) is 4.54. The van der Waals surface area contributed by atoms with Crippen LogP contribution < -0.4 is 5.32 Å². The molecular formula is C13H24N2O2. The highest BCUT2D eigenvalue weighted by molar-refractivity contribution is 5.89. The van der Waals surface area contributed by atoms with Gasteiger partial charge < -0.3 is 10.2 Å². The van der Waals surface area contributed by atoms with Crippen LogP contribution in [0.3, 0.4) is 0 Å². The van der Waals surface area contributed by atoms with E-state index < -0.39 is 0 Å². The molecular weight excluding hydrogens is 216 g/mol. The summed E-state index contributed by atoms with van der Waals surface area (Å²) in [7, 11) is 0. The number of nitrogens with zero attached hydrogens (tertiary/aromatic N) is 1. The van der Waals surface area contributed by atoms with Crippen LogP contribution in [-0.2, 0) is 9.59 Å². The maximum absolute atomic E-state index is 12.2. The average Bonchev–Trinajstić information content (AvgIpc) is 2.35. The first-order chi connectivity index (χ1) is 7.83. The van der Waals surface area contributed by atoms with Crippen LogP contribution in [0.1, 0.15) is 47.0 Å². The van der Waals surface area contributed by atoms with Gasteiger partial charge >= 0.3 is 0 Å². The summed E-state index contributed by atoms with van der Waals surface area (Å²) in [4.78, 5) is 25.4. The minimum absolute atomic E-state index is 0.0107. The van der Waals surface area contributed by atoms with E-state index in [1.54, 1.807) is 0 Å². The molecule has 1 unspecified atom stereocenters. The van der Waals surface area contributed by atoms with Gasteiger partial charge in [0.2, 0.25) is 11.8 Å². The molecule has 1 saturated heterocycles. The molecule has 1 heterocycles. The summed E-state index contributed by atoms with van der Waals surface area (Å²) in [5.74, 6) is 0.0612. The lowest BCUT2D eigenvalue weighted by molar-refractivity contribution is -0.133. The Balaban J connectivity index is 2.64. The van der Waals surface area contributed by atoms with Crippen molar-refractivity contribution in [1.82, 2.24) is 10.2 Å². The van der Waals surface area contributed by atoms with Gasteiger partial charge in [0.1, 0.15) is 6.04 Å². The van der Waals surface area contributed by atoms with Crippen LogP contribution in [0, 0.1) is 5.41 Å². The molecule has 4 heteroatoms. The fourth-order valence-electron chi connectivity index (χ4n) is 1.86. The Morgan fingerprint density at radius 1 is 1.35 bits per heavy atom. The van der Waals surface area contributed by atoms with E-state index in [9.17, 15) is 9.59 Å². The Morgan fingerprint density at radius 2 is 2.00 bits per heavy atom. The fraction of sp³-hybridized carbons (Fsp3) is 0.846. The molecule has 17 heavy (non-hydrogen) atoms. The van der Waals surface area contributed by atoms with Crippen molar-refractivity contribution in [2.24, 2.45) is 5.41 Å². The van der Waals surface area contributed by atoms with E-state index in [0.29, 0.717) is 19.4 Å². The third-order valence-electron chi connectivity index (χ3n) is 3.09. The Bertz CT molecular complexity index is 294. The average molecular weight is 240 g/mol. The van der Waals surface area contributed by atoms with Crippen LogP contribution in [0.15, 0.2) is 0 Å². The molecule has 98 valence electrons. The standard InChI is InChI=1S/C13H24N2O2/c1-5-10-12(17)15(8-6-11(16)14-10)9-7-13(2,3)4/h10H,5-9H2,1-4H3,(H,14,16). The van der Waals surface area contributed by atoms with Gasteiger partial charge in [-0.15, -0.1) is 0 Å². The summed E-state index contributed by atoms with van der Waals surface area (Å²) < 4.78 is 0. The van der Waals surface area contributed by atoms with Gasteiger partial charge in [-0.2, -0.15) is 0 Å². The van der Waals surface area contributed by atoms with E-state index in [-0.39, 0.29) is 23.3 Å². The molecule has 0 radical (unpaired) electrons. The highest BCUT2D eigenvalue weighted by Crippen LogP contribution is 2.19. The molecule has 0 spiro atoms. The van der Waals surface area contributed by atoms with Crippen molar-refractivity contribution in [2.45, 2.75) is 53.0 Å². The van der Waals surface area contributed by atoms with Gasteiger partial charge in [-0.05, 0) is 18.3 Å². The van der Waals surface area contributed by atoms with E-state index >= 15 is 0 Å². The van der Waals surface area contributed by atoms with E-state index in [1.807, 2.05) is 11.8 Å². The van der Waals surface area contributed by atoms with E-state index in [1.165, 1.54) is 0 Å². The van der Waals surface area contributed by atoms with Gasteiger partial charge in [-0.25, -0.2) is 0 Å². The van der Waals surface area contributed by atoms with Crippen molar-refractivity contribution >= 4 is 11.8 Å². The first-order valence-corrected chi connectivity index (χ1v) is 6.41. The normalized spacial score (nSPS) is 22.4. The number of amides is 2. The molecule has 1 atom stereocenters. The van der Waals surface area contributed by atoms with Crippen LogP contribution in [-0.4, -0.2) is 35.8 Å². The lowest BCUT2D eigenvalue weighted by atomic mass is 9.92. The molecule has 0 saturated carbocycles. The molecule has 1 aliphatic heterocycles. The number of hydrogen-bond acceptors (Lipinski definition) is 2. The summed E-state index contributed by atoms with van der Waals surface area (Å²) in [5, 5.41) is 2.78. The molecule has 2 amide bonds. The maximum atomic E-state index is 12.2. The zero-order valence-electron chi connectivity index (χ0n) is 11.4. The number of carbonyl (C=O) groups is 2. The van der Waals surface area contributed by atoms with Crippen LogP contribution in [0.4, 0.5) is 0 Å². The van der Waals surface area contributed by atoms with Crippen molar-refractivity contribution in [3.63, 3.8) is 0 Å². The largest absolute Gasteiger partial charge is 0.344 e. The summed E-state index contributed by atoms with van der Waals surface area (Å²) in [6, 6.07) is -0.329. The van der Waals surface area contributed by atoms with Crippen LogP contribution in [0.2, 0.25) is 0 Å². The Labute approximate surface area is 104 Å². The van der Waals surface area contributed by atoms with Crippen molar-refractivity contribution < 1.29 is 9.59 Å². The quantitative estimate of drug-likeness (QED) is 0.813. The molecule has 4 nitrogen and oxygen atoms in total. The van der Waals surface area contributed by atoms with Gasteiger partial charge in [-0.3, -0.25) is 9.59 Å². The smallest absolute Gasteiger partial charge is 0.245 e. The molecule has 0 aromatic carbocycles. The number of nitrogens with one attached hydrogen (secondary N) is 1. The molecule has 0 bridgehead atoms. The van der Waals surface area contributed by atoms with Crippen molar-refractivity contribution in [2.75, 3.05) is 13.1 Å². The minimum atomic E-state index is -0.329. The molecule has 1 N–H and O–H groups in total. The second kappa shape index (κ2) is 5.52. The number of rotatable bonds is 3. The van der Waals surface area contributed by atoms with Gasteiger partial charge in [0.15, 0.2) is 0 Å². The molecule has 1 aliphatic rings. The number of carbonyl (C=O) groups excluding carboxylic acids is 2. The third-order valence-corrected chi connectivity index (χ3v) is 3.09. The molecule has 0 aromatic rings. The first-order valence-electron chi connectivity index (χ1n) is 6.41. The van der Waals surface area contributed by atoms with Crippen LogP contribution in [0.5, 0.6) is 0 Å². The Morgan fingerprint density at radius 3 is 2.53 bits per heavy atom. The predicted octanol–water partition coefficient (Wildman–Crippen LogP) is 1.55. The molecule has 1 fully saturated rings. The van der Waals surface area contributed by atoms with Crippen LogP contribution >= 0.6 is 0 Å². The maximum Gasteiger partial charge on any atom is 0.245 e. The fourth-order valence-corrected chi connectivity index (χ4v) is 1.86. The monoisotopic (exact) mass is 240 g/mol. The van der Waals surface area contributed by atoms with Gasteiger partial charge in [0.05, 0.1) is 0 Å². The summed E-state index contributed by atoms with van der Waals surface area (Å²) >= 11 is 0. The topological polar surface area (TPSA) is 49.4 Å². The van der Waals surface area contributed by atoms with Crippen molar-refractivity contribution in [3.05, 3.63) is 0 Å². The lowest BCUT2D eigenvalue weighted by Gasteiger charge is -2.27. The molecule has 0 aromatic heterocycles. The lowest BCUT2D eigenvalue weighted by Crippen LogP contribution is -2.44. The van der Waals surface area contributed by atoms with Crippen molar-refractivity contribution in [3.8, 4) is 0 Å². The van der Waals surface area contributed by atoms with Gasteiger partial charge in [0.25, 0.3) is 0 Å². The second-order valence-corrected chi connectivity index (χ2v) is 5.91. The first kappa shape index (κ1) is 14.0. The zero-order chi connectivity index (χ0) is 13.1. The summed E-state index contributed by atoms with van der Waals surface area (Å²) in [6.07, 6.45) is 2.05. The van der Waals surface area contributed by atoms with E-state index in [4.69, 9.17) is 0 Å². The third kappa shape index (κ3) is 4.36.